The molecule has 4 nitrogen and oxygen atoms in total. The van der Waals surface area contributed by atoms with Gasteiger partial charge in [0, 0.05) is 0 Å². The first-order valence-electron chi connectivity index (χ1n) is 5.20. The summed E-state index contributed by atoms with van der Waals surface area (Å²) < 4.78 is 0. The lowest BCUT2D eigenvalue weighted by Gasteiger charge is -2.01. The molecule has 0 bridgehead atoms. The fourth-order valence-corrected chi connectivity index (χ4v) is 1.56. The van der Waals surface area contributed by atoms with Gasteiger partial charge in [0.25, 0.3) is 0 Å². The Bertz CT molecular complexity index is 573. The summed E-state index contributed by atoms with van der Waals surface area (Å²) in [5.74, 6) is 0. The Kier molecular flexibility index (Phi) is 5.12. The van der Waals surface area contributed by atoms with Crippen molar-refractivity contribution in [2.24, 2.45) is 9.98 Å². The van der Waals surface area contributed by atoms with Crippen LogP contribution in [0.3, 0.4) is 0 Å². The van der Waals surface area contributed by atoms with Crippen molar-refractivity contribution in [3.8, 4) is 11.1 Å². The summed E-state index contributed by atoms with van der Waals surface area (Å²) in [4.78, 5) is 27.2. The van der Waals surface area contributed by atoms with E-state index >= 15 is 0 Å². The second-order valence-corrected chi connectivity index (χ2v) is 3.50. The number of carbonyl (C=O) groups excluding carboxylic acids is 2. The first-order valence-corrected chi connectivity index (χ1v) is 5.20. The highest BCUT2D eigenvalue weighted by Crippen LogP contribution is 2.24. The maximum absolute atomic E-state index is 10.1. The van der Waals surface area contributed by atoms with E-state index < -0.39 is 0 Å². The lowest BCUT2D eigenvalue weighted by Crippen LogP contribution is -1.76. The molecule has 0 aliphatic heterocycles. The number of hydrogen-bond acceptors (Lipinski definition) is 4. The summed E-state index contributed by atoms with van der Waals surface area (Å²) >= 11 is 0. The zero-order valence-corrected chi connectivity index (χ0v) is 9.33. The number of rotatable bonds is 3. The summed E-state index contributed by atoms with van der Waals surface area (Å²) in [5, 5.41) is 0. The van der Waals surface area contributed by atoms with Crippen LogP contribution in [0.15, 0.2) is 58.5 Å². The monoisotopic (exact) mass is 252 g/mol. The minimum absolute atomic E-state index is 0. The molecular weight excluding hydrogens is 240 g/mol. The van der Waals surface area contributed by atoms with Gasteiger partial charge in [0.15, 0.2) is 0 Å². The van der Waals surface area contributed by atoms with E-state index in [1.807, 2.05) is 24.3 Å². The van der Waals surface area contributed by atoms with Gasteiger partial charge in [-0.1, -0.05) is 31.7 Å². The van der Waals surface area contributed by atoms with Crippen molar-refractivity contribution >= 4 is 23.5 Å². The molecule has 0 aromatic heterocycles. The van der Waals surface area contributed by atoms with Gasteiger partial charge in [0.05, 0.1) is 11.4 Å². The molecule has 2 aromatic rings. The highest BCUT2D eigenvalue weighted by Gasteiger charge is 1.98. The van der Waals surface area contributed by atoms with Gasteiger partial charge in [-0.3, -0.25) is 0 Å². The van der Waals surface area contributed by atoms with Crippen LogP contribution in [0, 0.1) is 0 Å². The maximum atomic E-state index is 10.1. The first kappa shape index (κ1) is 14.3. The van der Waals surface area contributed by atoms with Gasteiger partial charge in [0.2, 0.25) is 12.2 Å². The van der Waals surface area contributed by atoms with Gasteiger partial charge in [-0.15, -0.1) is 0 Å². The van der Waals surface area contributed by atoms with Crippen molar-refractivity contribution in [2.45, 2.75) is 7.43 Å². The van der Waals surface area contributed by atoms with Crippen LogP contribution in [-0.4, -0.2) is 12.2 Å². The number of nitrogens with zero attached hydrogens (tertiary/aromatic N) is 2. The number of benzene rings is 2. The van der Waals surface area contributed by atoms with Crippen molar-refractivity contribution in [2.75, 3.05) is 0 Å². The van der Waals surface area contributed by atoms with E-state index in [1.165, 1.54) is 12.2 Å². The standard InChI is InChI=1S/C14H8N2O2.CH4/c17-9-15-13-5-1-11(2-6-13)12-3-7-14(8-4-12)16-10-18;/h1-8H;1H4. The van der Waals surface area contributed by atoms with E-state index in [9.17, 15) is 9.59 Å². The quantitative estimate of drug-likeness (QED) is 0.614. The molecule has 0 saturated carbocycles. The molecular formula is C15H12N2O2. The predicted octanol–water partition coefficient (Wildman–Crippen LogP) is 3.92. The topological polar surface area (TPSA) is 58.9 Å². The molecule has 0 aliphatic carbocycles. The Balaban J connectivity index is 0.00000180. The van der Waals surface area contributed by atoms with Crippen LogP contribution >= 0.6 is 0 Å². The molecule has 0 amide bonds. The molecule has 94 valence electrons. The molecule has 0 atom stereocenters. The van der Waals surface area contributed by atoms with Crippen molar-refractivity contribution in [3.63, 3.8) is 0 Å². The molecule has 2 rings (SSSR count). The van der Waals surface area contributed by atoms with E-state index in [-0.39, 0.29) is 7.43 Å². The highest BCUT2D eigenvalue weighted by atomic mass is 16.1. The predicted molar refractivity (Wildman–Crippen MR) is 74.2 cm³/mol. The van der Waals surface area contributed by atoms with E-state index in [4.69, 9.17) is 0 Å². The molecule has 0 radical (unpaired) electrons. The SMILES string of the molecule is C.O=C=Nc1ccc(-c2ccc(N=C=O)cc2)cc1. The van der Waals surface area contributed by atoms with Crippen LogP contribution < -0.4 is 0 Å². The summed E-state index contributed by atoms with van der Waals surface area (Å²) in [7, 11) is 0. The second kappa shape index (κ2) is 6.82. The van der Waals surface area contributed by atoms with Crippen LogP contribution in [0.2, 0.25) is 0 Å². The normalized spacial score (nSPS) is 8.63. The van der Waals surface area contributed by atoms with E-state index in [0.29, 0.717) is 11.4 Å². The molecule has 0 fully saturated rings. The van der Waals surface area contributed by atoms with Gasteiger partial charge >= 0.3 is 0 Å². The molecule has 0 saturated heterocycles. The third-order valence-corrected chi connectivity index (χ3v) is 2.42. The van der Waals surface area contributed by atoms with Crippen LogP contribution in [0.5, 0.6) is 0 Å². The average molecular weight is 252 g/mol. The number of aliphatic imine (C=N–C) groups is 2. The third-order valence-electron chi connectivity index (χ3n) is 2.42. The van der Waals surface area contributed by atoms with Crippen LogP contribution in [0.4, 0.5) is 11.4 Å². The van der Waals surface area contributed by atoms with E-state index in [2.05, 4.69) is 9.98 Å². The van der Waals surface area contributed by atoms with E-state index in [1.54, 1.807) is 24.3 Å². The highest BCUT2D eigenvalue weighted by molar-refractivity contribution is 5.68. The minimum Gasteiger partial charge on any atom is -0.211 e. The van der Waals surface area contributed by atoms with Crippen molar-refractivity contribution in [3.05, 3.63) is 48.5 Å². The van der Waals surface area contributed by atoms with Gasteiger partial charge in [0.1, 0.15) is 0 Å². The van der Waals surface area contributed by atoms with E-state index in [0.717, 1.165) is 11.1 Å². The van der Waals surface area contributed by atoms with Crippen molar-refractivity contribution < 1.29 is 9.59 Å². The largest absolute Gasteiger partial charge is 0.240 e. The zero-order valence-electron chi connectivity index (χ0n) is 9.33. The summed E-state index contributed by atoms with van der Waals surface area (Å²) in [6.07, 6.45) is 2.98. The first-order chi connectivity index (χ1) is 8.83. The summed E-state index contributed by atoms with van der Waals surface area (Å²) in [6.45, 7) is 0. The zero-order chi connectivity index (χ0) is 12.8. The molecule has 19 heavy (non-hydrogen) atoms. The lowest BCUT2D eigenvalue weighted by atomic mass is 10.1. The minimum atomic E-state index is 0. The average Bonchev–Trinajstić information content (AvgIpc) is 2.41. The smallest absolute Gasteiger partial charge is 0.211 e. The van der Waals surface area contributed by atoms with Crippen molar-refractivity contribution in [1.29, 1.82) is 0 Å². The maximum Gasteiger partial charge on any atom is 0.240 e. The molecule has 0 unspecified atom stereocenters. The van der Waals surface area contributed by atoms with Gasteiger partial charge < -0.3 is 0 Å². The van der Waals surface area contributed by atoms with Gasteiger partial charge in [-0.2, -0.15) is 9.98 Å². The summed E-state index contributed by atoms with van der Waals surface area (Å²) in [6, 6.07) is 14.4. The Morgan fingerprint density at radius 2 is 0.947 bits per heavy atom. The molecule has 0 N–H and O–H groups in total. The van der Waals surface area contributed by atoms with Gasteiger partial charge in [-0.25, -0.2) is 9.59 Å². The lowest BCUT2D eigenvalue weighted by molar-refractivity contribution is 0.564. The van der Waals surface area contributed by atoms with Crippen molar-refractivity contribution in [1.82, 2.24) is 0 Å². The molecule has 4 heteroatoms. The van der Waals surface area contributed by atoms with Gasteiger partial charge in [-0.05, 0) is 35.4 Å². The Morgan fingerprint density at radius 1 is 0.632 bits per heavy atom. The Hall–Kier alpha value is -2.80. The number of hydrogen-bond donors (Lipinski definition) is 0. The molecule has 2 aromatic carbocycles. The molecule has 0 aliphatic rings. The summed E-state index contributed by atoms with van der Waals surface area (Å²) in [5.41, 5.74) is 3.11. The third kappa shape index (κ3) is 3.58. The molecule has 0 spiro atoms. The Labute approximate surface area is 111 Å². The fraction of sp³-hybridized carbons (Fsp3) is 0.0667. The number of isocyanates is 2. The Morgan fingerprint density at radius 3 is 1.21 bits per heavy atom. The second-order valence-electron chi connectivity index (χ2n) is 3.50. The van der Waals surface area contributed by atoms with Crippen LogP contribution in [0.1, 0.15) is 7.43 Å². The van der Waals surface area contributed by atoms with Crippen LogP contribution in [-0.2, 0) is 9.59 Å². The molecule has 0 heterocycles. The van der Waals surface area contributed by atoms with Crippen LogP contribution in [0.25, 0.3) is 11.1 Å². The fourth-order valence-electron chi connectivity index (χ4n) is 1.56.